The van der Waals surface area contributed by atoms with Gasteiger partial charge in [0.15, 0.2) is 0 Å². The third-order valence-electron chi connectivity index (χ3n) is 4.40. The zero-order valence-electron chi connectivity index (χ0n) is 16.5. The quantitative estimate of drug-likeness (QED) is 0.430. The van der Waals surface area contributed by atoms with E-state index in [1.54, 1.807) is 6.92 Å². The van der Waals surface area contributed by atoms with Gasteiger partial charge in [-0.2, -0.15) is 0 Å². The molecule has 0 saturated carbocycles. The van der Waals surface area contributed by atoms with E-state index in [0.717, 1.165) is 22.4 Å². The Balaban J connectivity index is 1.56. The van der Waals surface area contributed by atoms with Gasteiger partial charge < -0.3 is 14.8 Å². The molecule has 0 aliphatic carbocycles. The average molecular weight is 399 g/mol. The first-order chi connectivity index (χ1) is 14.7. The molecule has 0 bridgehead atoms. The van der Waals surface area contributed by atoms with Crippen molar-refractivity contribution in [1.82, 2.24) is 9.97 Å². The highest BCUT2D eigenvalue weighted by Crippen LogP contribution is 2.24. The van der Waals surface area contributed by atoms with E-state index in [1.807, 2.05) is 78.9 Å². The topological polar surface area (TPSA) is 73.3 Å². The minimum absolute atomic E-state index is 0.0409. The summed E-state index contributed by atoms with van der Waals surface area (Å²) < 4.78 is 11.0. The van der Waals surface area contributed by atoms with E-state index in [2.05, 4.69) is 15.3 Å². The number of benzene rings is 3. The molecule has 0 aliphatic rings. The van der Waals surface area contributed by atoms with E-state index in [9.17, 15) is 4.79 Å². The fraction of sp³-hybridized carbons (Fsp3) is 0.125. The first-order valence-corrected chi connectivity index (χ1v) is 9.72. The largest absolute Gasteiger partial charge is 0.460 e. The number of carbonyl (C=O) groups is 1. The van der Waals surface area contributed by atoms with E-state index >= 15 is 0 Å². The molecule has 1 N–H and O–H groups in total. The van der Waals surface area contributed by atoms with Gasteiger partial charge in [0.1, 0.15) is 17.3 Å². The van der Waals surface area contributed by atoms with Gasteiger partial charge in [0.2, 0.25) is 5.82 Å². The number of ether oxygens (including phenoxy) is 2. The minimum Gasteiger partial charge on any atom is -0.460 e. The molecule has 0 amide bonds. The van der Waals surface area contributed by atoms with Crippen molar-refractivity contribution in [3.8, 4) is 11.5 Å². The van der Waals surface area contributed by atoms with Crippen LogP contribution in [-0.4, -0.2) is 22.5 Å². The van der Waals surface area contributed by atoms with Crippen LogP contribution in [0.2, 0.25) is 0 Å². The standard InChI is InChI=1S/C24H21N3O3/c1-2-29-24(28)23-26-21-14-7-6-13-20(21)22(27-23)25-16-17-9-8-12-19(15-17)30-18-10-4-3-5-11-18/h3-15H,2,16H2,1H3,(H,25,26,27). The number of nitrogens with zero attached hydrogens (tertiary/aromatic N) is 2. The van der Waals surface area contributed by atoms with E-state index in [0.29, 0.717) is 17.9 Å². The van der Waals surface area contributed by atoms with Crippen LogP contribution in [0.25, 0.3) is 10.9 Å². The number of hydrogen-bond acceptors (Lipinski definition) is 6. The van der Waals surface area contributed by atoms with Crippen LogP contribution in [0.4, 0.5) is 5.82 Å². The summed E-state index contributed by atoms with van der Waals surface area (Å²) in [5, 5.41) is 4.15. The van der Waals surface area contributed by atoms with Crippen molar-refractivity contribution >= 4 is 22.7 Å². The average Bonchev–Trinajstić information content (AvgIpc) is 2.78. The minimum atomic E-state index is -0.537. The van der Waals surface area contributed by atoms with E-state index in [1.165, 1.54) is 0 Å². The van der Waals surface area contributed by atoms with Crippen LogP contribution in [0.15, 0.2) is 78.9 Å². The van der Waals surface area contributed by atoms with E-state index in [-0.39, 0.29) is 12.4 Å². The molecule has 0 atom stereocenters. The third kappa shape index (κ3) is 4.55. The highest BCUT2D eigenvalue weighted by atomic mass is 16.5. The molecule has 6 nitrogen and oxygen atoms in total. The zero-order chi connectivity index (χ0) is 20.8. The summed E-state index contributed by atoms with van der Waals surface area (Å²) in [5.74, 6) is 1.62. The van der Waals surface area contributed by atoms with Crippen molar-refractivity contribution in [3.63, 3.8) is 0 Å². The molecule has 1 heterocycles. The van der Waals surface area contributed by atoms with Crippen molar-refractivity contribution in [1.29, 1.82) is 0 Å². The summed E-state index contributed by atoms with van der Waals surface area (Å²) in [4.78, 5) is 20.9. The Kier molecular flexibility index (Phi) is 5.85. The lowest BCUT2D eigenvalue weighted by Gasteiger charge is -2.12. The van der Waals surface area contributed by atoms with Crippen LogP contribution in [-0.2, 0) is 11.3 Å². The number of nitrogens with one attached hydrogen (secondary N) is 1. The monoisotopic (exact) mass is 399 g/mol. The Hall–Kier alpha value is -3.93. The van der Waals surface area contributed by atoms with Gasteiger partial charge in [-0.3, -0.25) is 0 Å². The second-order valence-electron chi connectivity index (χ2n) is 6.55. The highest BCUT2D eigenvalue weighted by molar-refractivity contribution is 5.94. The first kappa shape index (κ1) is 19.4. The Morgan fingerprint density at radius 2 is 1.67 bits per heavy atom. The Bertz CT molecular complexity index is 1160. The second kappa shape index (κ2) is 9.05. The SMILES string of the molecule is CCOC(=O)c1nc(NCc2cccc(Oc3ccccc3)c2)c2ccccc2n1. The summed E-state index contributed by atoms with van der Waals surface area (Å²) in [6, 6.07) is 25.0. The van der Waals surface area contributed by atoms with Crippen LogP contribution in [0.5, 0.6) is 11.5 Å². The van der Waals surface area contributed by atoms with Crippen molar-refractivity contribution in [2.24, 2.45) is 0 Å². The molecule has 0 saturated heterocycles. The maximum Gasteiger partial charge on any atom is 0.376 e. The molecule has 4 rings (SSSR count). The molecule has 0 unspecified atom stereocenters. The molecular weight excluding hydrogens is 378 g/mol. The van der Waals surface area contributed by atoms with Crippen molar-refractivity contribution in [2.45, 2.75) is 13.5 Å². The Morgan fingerprint density at radius 1 is 0.900 bits per heavy atom. The predicted molar refractivity (Wildman–Crippen MR) is 116 cm³/mol. The van der Waals surface area contributed by atoms with Crippen LogP contribution < -0.4 is 10.1 Å². The lowest BCUT2D eigenvalue weighted by Crippen LogP contribution is -2.12. The molecule has 0 aliphatic heterocycles. The lowest BCUT2D eigenvalue weighted by atomic mass is 10.2. The molecule has 3 aromatic carbocycles. The molecule has 6 heteroatoms. The number of aromatic nitrogens is 2. The maximum atomic E-state index is 12.1. The molecule has 0 radical (unpaired) electrons. The number of para-hydroxylation sites is 2. The molecule has 150 valence electrons. The van der Waals surface area contributed by atoms with Gasteiger partial charge >= 0.3 is 5.97 Å². The molecule has 1 aromatic heterocycles. The summed E-state index contributed by atoms with van der Waals surface area (Å²) in [5.41, 5.74) is 1.70. The van der Waals surface area contributed by atoms with Crippen molar-refractivity contribution in [2.75, 3.05) is 11.9 Å². The van der Waals surface area contributed by atoms with Gasteiger partial charge in [0.05, 0.1) is 12.1 Å². The molecule has 30 heavy (non-hydrogen) atoms. The summed E-state index contributed by atoms with van der Waals surface area (Å²) >= 11 is 0. The molecule has 0 spiro atoms. The lowest BCUT2D eigenvalue weighted by molar-refractivity contribution is 0.0512. The predicted octanol–water partition coefficient (Wildman–Crippen LogP) is 5.21. The molecule has 0 fully saturated rings. The van der Waals surface area contributed by atoms with Gasteiger partial charge in [-0.05, 0) is 48.9 Å². The number of rotatable bonds is 7. The van der Waals surface area contributed by atoms with Gasteiger partial charge in [-0.15, -0.1) is 0 Å². The number of carbonyl (C=O) groups excluding carboxylic acids is 1. The summed E-state index contributed by atoms with van der Waals surface area (Å²) in [6.07, 6.45) is 0. The van der Waals surface area contributed by atoms with E-state index in [4.69, 9.17) is 9.47 Å². The zero-order valence-corrected chi connectivity index (χ0v) is 16.5. The summed E-state index contributed by atoms with van der Waals surface area (Å²) in [6.45, 7) is 2.53. The normalized spacial score (nSPS) is 10.6. The smallest absolute Gasteiger partial charge is 0.376 e. The van der Waals surface area contributed by atoms with Gasteiger partial charge in [-0.25, -0.2) is 14.8 Å². The number of anilines is 1. The Morgan fingerprint density at radius 3 is 2.50 bits per heavy atom. The fourth-order valence-electron chi connectivity index (χ4n) is 3.03. The summed E-state index contributed by atoms with van der Waals surface area (Å²) in [7, 11) is 0. The van der Waals surface area contributed by atoms with Crippen LogP contribution in [0, 0.1) is 0 Å². The second-order valence-corrected chi connectivity index (χ2v) is 6.55. The third-order valence-corrected chi connectivity index (χ3v) is 4.40. The van der Waals surface area contributed by atoms with E-state index < -0.39 is 5.97 Å². The number of esters is 1. The molecular formula is C24H21N3O3. The maximum absolute atomic E-state index is 12.1. The fourth-order valence-corrected chi connectivity index (χ4v) is 3.03. The highest BCUT2D eigenvalue weighted by Gasteiger charge is 2.14. The molecule has 4 aromatic rings. The van der Waals surface area contributed by atoms with Gasteiger partial charge in [-0.1, -0.05) is 42.5 Å². The first-order valence-electron chi connectivity index (χ1n) is 9.72. The van der Waals surface area contributed by atoms with Crippen LogP contribution >= 0.6 is 0 Å². The van der Waals surface area contributed by atoms with Crippen molar-refractivity contribution in [3.05, 3.63) is 90.3 Å². The number of hydrogen-bond donors (Lipinski definition) is 1. The Labute approximate surface area is 174 Å². The number of fused-ring (bicyclic) bond motifs is 1. The van der Waals surface area contributed by atoms with Crippen molar-refractivity contribution < 1.29 is 14.3 Å². The van der Waals surface area contributed by atoms with Gasteiger partial charge in [0, 0.05) is 11.9 Å². The van der Waals surface area contributed by atoms with Gasteiger partial charge in [0.25, 0.3) is 0 Å². The van der Waals surface area contributed by atoms with Crippen LogP contribution in [0.1, 0.15) is 23.1 Å². The van der Waals surface area contributed by atoms with Crippen LogP contribution in [0.3, 0.4) is 0 Å².